The highest BCUT2D eigenvalue weighted by Gasteiger charge is 2.81. The third kappa shape index (κ3) is 4.04. The third-order valence-electron chi connectivity index (χ3n) is 4.22. The van der Waals surface area contributed by atoms with Crippen molar-refractivity contribution in [2.45, 2.75) is 60.1 Å². The Labute approximate surface area is 150 Å². The lowest BCUT2D eigenvalue weighted by molar-refractivity contribution is 0.121. The predicted molar refractivity (Wildman–Crippen MR) is 101 cm³/mol. The van der Waals surface area contributed by atoms with Crippen molar-refractivity contribution in [3.63, 3.8) is 0 Å². The second kappa shape index (κ2) is 10.5. The van der Waals surface area contributed by atoms with Crippen LogP contribution in [0.15, 0.2) is 0 Å². The summed E-state index contributed by atoms with van der Waals surface area (Å²) >= 11 is 0. The van der Waals surface area contributed by atoms with Crippen molar-refractivity contribution in [1.29, 1.82) is 0 Å². The molecule has 6 nitrogen and oxygen atoms in total. The third-order valence-corrected chi connectivity index (χ3v) is 30.5. The fourth-order valence-corrected chi connectivity index (χ4v) is 35.0. The van der Waals surface area contributed by atoms with Crippen LogP contribution in [0.1, 0.15) is 48.0 Å². The van der Waals surface area contributed by atoms with Gasteiger partial charge in [0.05, 0.1) is 0 Å². The van der Waals surface area contributed by atoms with Gasteiger partial charge < -0.3 is 26.6 Å². The Morgan fingerprint density at radius 1 is 0.500 bits per heavy atom. The molecular formula is C15H36O6Si3. The molecule has 0 aliphatic carbocycles. The molecule has 1 aliphatic heterocycles. The van der Waals surface area contributed by atoms with Crippen LogP contribution in [0.3, 0.4) is 0 Å². The quantitative estimate of drug-likeness (QED) is 0.473. The molecule has 0 unspecified atom stereocenters. The van der Waals surface area contributed by atoms with Gasteiger partial charge in [0.25, 0.3) is 0 Å². The molecule has 144 valence electrons. The normalized spacial score (nSPS) is 21.8. The van der Waals surface area contributed by atoms with Crippen LogP contribution in [-0.4, -0.2) is 63.4 Å². The first kappa shape index (κ1) is 22.5. The smallest absolute Gasteiger partial charge is 0.394 e. The SMILES string of the molecule is CCO[Si]1(OCC)CCC[Si](OCC)(OCC)[Si]1(OCC)OCC. The van der Waals surface area contributed by atoms with Gasteiger partial charge >= 0.3 is 23.8 Å². The van der Waals surface area contributed by atoms with Crippen molar-refractivity contribution in [2.24, 2.45) is 0 Å². The van der Waals surface area contributed by atoms with Gasteiger partial charge in [-0.05, 0) is 60.1 Å². The van der Waals surface area contributed by atoms with E-state index in [9.17, 15) is 0 Å². The largest absolute Gasteiger partial charge is 0.429 e. The fourth-order valence-electron chi connectivity index (χ4n) is 3.75. The molecule has 0 spiro atoms. The molecule has 1 saturated heterocycles. The maximum atomic E-state index is 6.49. The molecule has 0 aromatic rings. The van der Waals surface area contributed by atoms with Crippen molar-refractivity contribution in [2.75, 3.05) is 39.6 Å². The summed E-state index contributed by atoms with van der Waals surface area (Å²) < 4.78 is 38.5. The van der Waals surface area contributed by atoms with Gasteiger partial charge in [-0.15, -0.1) is 0 Å². The highest BCUT2D eigenvalue weighted by molar-refractivity contribution is 7.60. The van der Waals surface area contributed by atoms with Gasteiger partial charge in [-0.3, -0.25) is 0 Å². The molecule has 0 radical (unpaired) electrons. The van der Waals surface area contributed by atoms with Gasteiger partial charge in [0.1, 0.15) is 0 Å². The van der Waals surface area contributed by atoms with E-state index in [1.54, 1.807) is 0 Å². The molecule has 0 aromatic carbocycles. The lowest BCUT2D eigenvalue weighted by Crippen LogP contribution is -2.86. The van der Waals surface area contributed by atoms with Crippen LogP contribution in [0, 0.1) is 0 Å². The molecule has 1 fully saturated rings. The first-order valence-electron chi connectivity index (χ1n) is 9.41. The van der Waals surface area contributed by atoms with E-state index >= 15 is 0 Å². The number of hydrogen-bond acceptors (Lipinski definition) is 6. The Morgan fingerprint density at radius 3 is 1.04 bits per heavy atom. The standard InChI is InChI=1S/C15H36O6Si3/c1-7-16-22(17-8-2)14-13-15-23(18-9-3,19-10-4)24(22,20-11-5)21-12-6/h7-15H2,1-6H3. The van der Waals surface area contributed by atoms with Crippen LogP contribution >= 0.6 is 0 Å². The second-order valence-corrected chi connectivity index (χ2v) is 22.6. The minimum absolute atomic E-state index is 0.565. The van der Waals surface area contributed by atoms with E-state index < -0.39 is 23.8 Å². The number of rotatable bonds is 12. The molecular weight excluding hydrogens is 360 g/mol. The molecule has 1 rings (SSSR count). The molecule has 0 amide bonds. The maximum absolute atomic E-state index is 6.49. The van der Waals surface area contributed by atoms with Gasteiger partial charge in [-0.1, -0.05) is 0 Å². The lowest BCUT2D eigenvalue weighted by atomic mass is 10.6. The van der Waals surface area contributed by atoms with E-state index in [1.807, 2.05) is 41.5 Å². The summed E-state index contributed by atoms with van der Waals surface area (Å²) in [5, 5.41) is 0. The summed E-state index contributed by atoms with van der Waals surface area (Å²) in [5.74, 6) is 0. The number of hydrogen-bond donors (Lipinski definition) is 0. The van der Waals surface area contributed by atoms with Gasteiger partial charge in [0.15, 0.2) is 0 Å². The molecule has 24 heavy (non-hydrogen) atoms. The van der Waals surface area contributed by atoms with Crippen molar-refractivity contribution < 1.29 is 26.6 Å². The van der Waals surface area contributed by atoms with Crippen molar-refractivity contribution in [3.05, 3.63) is 0 Å². The average Bonchev–Trinajstić information content (AvgIpc) is 2.54. The zero-order valence-electron chi connectivity index (χ0n) is 16.3. The molecule has 0 saturated carbocycles. The van der Waals surface area contributed by atoms with E-state index in [4.69, 9.17) is 26.6 Å². The minimum Gasteiger partial charge on any atom is -0.394 e. The summed E-state index contributed by atoms with van der Waals surface area (Å²) in [6, 6.07) is 1.80. The molecule has 1 heterocycles. The summed E-state index contributed by atoms with van der Waals surface area (Å²) in [4.78, 5) is 0. The Morgan fingerprint density at radius 2 is 0.792 bits per heavy atom. The Kier molecular flexibility index (Phi) is 9.85. The second-order valence-electron chi connectivity index (χ2n) is 5.57. The molecule has 0 bridgehead atoms. The summed E-state index contributed by atoms with van der Waals surface area (Å²) in [5.41, 5.74) is 0. The van der Waals surface area contributed by atoms with E-state index in [2.05, 4.69) is 0 Å². The van der Waals surface area contributed by atoms with Gasteiger partial charge in [0.2, 0.25) is 0 Å². The van der Waals surface area contributed by atoms with Crippen LogP contribution in [0.4, 0.5) is 0 Å². The Hall–Kier alpha value is 0.411. The van der Waals surface area contributed by atoms with Crippen LogP contribution in [0.5, 0.6) is 0 Å². The van der Waals surface area contributed by atoms with Crippen molar-refractivity contribution in [3.8, 4) is 0 Å². The Balaban J connectivity index is 3.53. The summed E-state index contributed by atoms with van der Waals surface area (Å²) in [6.45, 7) is 15.6. The molecule has 1 aliphatic rings. The van der Waals surface area contributed by atoms with E-state index in [-0.39, 0.29) is 0 Å². The summed E-state index contributed by atoms with van der Waals surface area (Å²) in [6.07, 6.45) is 0.993. The topological polar surface area (TPSA) is 55.4 Å². The Bertz CT molecular complexity index is 303. The molecule has 0 atom stereocenters. The van der Waals surface area contributed by atoms with Gasteiger partial charge in [0, 0.05) is 39.6 Å². The molecule has 9 heteroatoms. The monoisotopic (exact) mass is 396 g/mol. The van der Waals surface area contributed by atoms with Crippen LogP contribution < -0.4 is 0 Å². The zero-order chi connectivity index (χ0) is 18.1. The molecule has 0 aromatic heterocycles. The van der Waals surface area contributed by atoms with Gasteiger partial charge in [-0.25, -0.2) is 0 Å². The predicted octanol–water partition coefficient (Wildman–Crippen LogP) is 3.09. The van der Waals surface area contributed by atoms with E-state index in [1.165, 1.54) is 0 Å². The maximum Gasteiger partial charge on any atom is 0.429 e. The first-order chi connectivity index (χ1) is 11.6. The van der Waals surface area contributed by atoms with Crippen molar-refractivity contribution in [1.82, 2.24) is 0 Å². The summed E-state index contributed by atoms with van der Waals surface area (Å²) in [7, 11) is -8.35. The average molecular weight is 397 g/mol. The minimum atomic E-state index is -2.94. The highest BCUT2D eigenvalue weighted by Crippen LogP contribution is 2.44. The van der Waals surface area contributed by atoms with Gasteiger partial charge in [-0.2, -0.15) is 0 Å². The van der Waals surface area contributed by atoms with E-state index in [0.717, 1.165) is 18.5 Å². The van der Waals surface area contributed by atoms with Crippen LogP contribution in [0.2, 0.25) is 12.1 Å². The van der Waals surface area contributed by atoms with Crippen LogP contribution in [-0.2, 0) is 26.6 Å². The van der Waals surface area contributed by atoms with Crippen LogP contribution in [0.25, 0.3) is 0 Å². The fraction of sp³-hybridized carbons (Fsp3) is 1.00. The van der Waals surface area contributed by atoms with E-state index in [0.29, 0.717) is 39.6 Å². The zero-order valence-corrected chi connectivity index (χ0v) is 19.3. The van der Waals surface area contributed by atoms with Crippen molar-refractivity contribution >= 4 is 23.8 Å². The highest BCUT2D eigenvalue weighted by atomic mass is 29.7. The first-order valence-corrected chi connectivity index (χ1v) is 17.3. The lowest BCUT2D eigenvalue weighted by Gasteiger charge is -2.53. The molecule has 0 N–H and O–H groups in total.